The van der Waals surface area contributed by atoms with Crippen LogP contribution in [0.2, 0.25) is 5.15 Å². The molecule has 1 heterocycles. The topological polar surface area (TPSA) is 56.3 Å². The van der Waals surface area contributed by atoms with Gasteiger partial charge in [-0.2, -0.15) is 8.42 Å². The zero-order valence-electron chi connectivity index (χ0n) is 11.3. The van der Waals surface area contributed by atoms with Gasteiger partial charge in [-0.05, 0) is 49.6 Å². The Bertz CT molecular complexity index is 740. The van der Waals surface area contributed by atoms with Crippen molar-refractivity contribution in [1.29, 1.82) is 0 Å². The summed E-state index contributed by atoms with van der Waals surface area (Å²) >= 11 is 5.65. The molecule has 0 unspecified atom stereocenters. The minimum absolute atomic E-state index is 0.0257. The summed E-state index contributed by atoms with van der Waals surface area (Å²) in [6.07, 6.45) is 1.18. The molecule has 0 saturated carbocycles. The van der Waals surface area contributed by atoms with Gasteiger partial charge in [-0.15, -0.1) is 0 Å². The molecule has 2 rings (SSSR count). The molecule has 0 fully saturated rings. The summed E-state index contributed by atoms with van der Waals surface area (Å²) in [5.74, 6) is 0.361. The maximum atomic E-state index is 12.2. The Morgan fingerprint density at radius 2 is 1.70 bits per heavy atom. The van der Waals surface area contributed by atoms with Crippen LogP contribution in [0.15, 0.2) is 35.4 Å². The van der Waals surface area contributed by atoms with Gasteiger partial charge in [0.05, 0.1) is 6.20 Å². The molecule has 2 aromatic rings. The lowest BCUT2D eigenvalue weighted by Gasteiger charge is -2.13. The van der Waals surface area contributed by atoms with E-state index in [0.29, 0.717) is 5.75 Å². The van der Waals surface area contributed by atoms with Crippen LogP contribution in [0.4, 0.5) is 0 Å². The molecule has 0 saturated heterocycles. The van der Waals surface area contributed by atoms with E-state index in [1.165, 1.54) is 18.3 Å². The Balaban J connectivity index is 2.43. The summed E-state index contributed by atoms with van der Waals surface area (Å²) in [6, 6.07) is 6.53. The molecule has 0 aliphatic heterocycles. The number of hydrogen-bond donors (Lipinski definition) is 0. The highest BCUT2D eigenvalue weighted by Crippen LogP contribution is 2.28. The largest absolute Gasteiger partial charge is 0.378 e. The Morgan fingerprint density at radius 1 is 1.05 bits per heavy atom. The first-order valence-corrected chi connectivity index (χ1v) is 7.73. The SMILES string of the molecule is Cc1ccc(C)c(OS(=O)(=O)c2ccc(Cl)nc2)c1C. The van der Waals surface area contributed by atoms with E-state index in [-0.39, 0.29) is 10.0 Å². The van der Waals surface area contributed by atoms with Gasteiger partial charge in [0.15, 0.2) is 0 Å². The Morgan fingerprint density at radius 3 is 2.30 bits per heavy atom. The molecular weight excluding hydrogens is 298 g/mol. The van der Waals surface area contributed by atoms with E-state index >= 15 is 0 Å². The van der Waals surface area contributed by atoms with E-state index in [2.05, 4.69) is 4.98 Å². The van der Waals surface area contributed by atoms with Crippen LogP contribution in [0.25, 0.3) is 0 Å². The molecule has 0 radical (unpaired) electrons. The third-order valence-corrected chi connectivity index (χ3v) is 4.48. The van der Waals surface area contributed by atoms with Gasteiger partial charge in [0.1, 0.15) is 15.8 Å². The minimum Gasteiger partial charge on any atom is -0.378 e. The van der Waals surface area contributed by atoms with Crippen LogP contribution in [-0.2, 0) is 10.1 Å². The molecule has 106 valence electrons. The van der Waals surface area contributed by atoms with Gasteiger partial charge in [-0.1, -0.05) is 23.7 Å². The van der Waals surface area contributed by atoms with E-state index in [9.17, 15) is 8.42 Å². The van der Waals surface area contributed by atoms with E-state index in [1.54, 1.807) is 6.92 Å². The van der Waals surface area contributed by atoms with Crippen LogP contribution in [-0.4, -0.2) is 13.4 Å². The fraction of sp³-hybridized carbons (Fsp3) is 0.214. The van der Waals surface area contributed by atoms with Gasteiger partial charge >= 0.3 is 10.1 Å². The predicted octanol–water partition coefficient (Wildman–Crippen LogP) is 3.43. The van der Waals surface area contributed by atoms with Crippen molar-refractivity contribution in [3.63, 3.8) is 0 Å². The summed E-state index contributed by atoms with van der Waals surface area (Å²) in [6.45, 7) is 5.53. The molecule has 0 aliphatic rings. The highest BCUT2D eigenvalue weighted by molar-refractivity contribution is 7.87. The van der Waals surface area contributed by atoms with Crippen molar-refractivity contribution in [2.75, 3.05) is 0 Å². The van der Waals surface area contributed by atoms with Crippen molar-refractivity contribution < 1.29 is 12.6 Å². The highest BCUT2D eigenvalue weighted by Gasteiger charge is 2.20. The number of nitrogens with zero attached hydrogens (tertiary/aromatic N) is 1. The molecule has 0 amide bonds. The standard InChI is InChI=1S/C14H14ClNO3S/c1-9-4-5-10(2)14(11(9)3)19-20(17,18)12-6-7-13(15)16-8-12/h4-8H,1-3H3. The van der Waals surface area contributed by atoms with Crippen LogP contribution < -0.4 is 4.18 Å². The monoisotopic (exact) mass is 311 g/mol. The summed E-state index contributed by atoms with van der Waals surface area (Å²) in [4.78, 5) is 3.73. The number of hydrogen-bond acceptors (Lipinski definition) is 4. The van der Waals surface area contributed by atoms with Crippen molar-refractivity contribution in [3.05, 3.63) is 52.3 Å². The fourth-order valence-electron chi connectivity index (χ4n) is 1.72. The molecule has 0 aliphatic carbocycles. The van der Waals surface area contributed by atoms with E-state index in [4.69, 9.17) is 15.8 Å². The van der Waals surface area contributed by atoms with Crippen molar-refractivity contribution >= 4 is 21.7 Å². The maximum absolute atomic E-state index is 12.2. The fourth-order valence-corrected chi connectivity index (χ4v) is 2.82. The minimum atomic E-state index is -3.91. The number of pyridine rings is 1. The number of benzene rings is 1. The van der Waals surface area contributed by atoms with Gasteiger partial charge < -0.3 is 4.18 Å². The van der Waals surface area contributed by atoms with Crippen molar-refractivity contribution in [2.45, 2.75) is 25.7 Å². The Hall–Kier alpha value is -1.59. The molecule has 4 nitrogen and oxygen atoms in total. The van der Waals surface area contributed by atoms with Gasteiger partial charge in [-0.3, -0.25) is 0 Å². The van der Waals surface area contributed by atoms with Gasteiger partial charge in [0, 0.05) is 0 Å². The second-order valence-electron chi connectivity index (χ2n) is 4.51. The molecular formula is C14H14ClNO3S. The van der Waals surface area contributed by atoms with Crippen molar-refractivity contribution in [2.24, 2.45) is 0 Å². The number of halogens is 1. The molecule has 0 spiro atoms. The summed E-state index contributed by atoms with van der Waals surface area (Å²) in [5.41, 5.74) is 2.53. The molecule has 0 N–H and O–H groups in total. The van der Waals surface area contributed by atoms with Gasteiger partial charge in [0.25, 0.3) is 0 Å². The third kappa shape index (κ3) is 2.94. The molecule has 20 heavy (non-hydrogen) atoms. The lowest BCUT2D eigenvalue weighted by atomic mass is 10.1. The Labute approximate surface area is 123 Å². The zero-order chi connectivity index (χ0) is 14.9. The van der Waals surface area contributed by atoms with Gasteiger partial charge in [0.2, 0.25) is 0 Å². The average Bonchev–Trinajstić information content (AvgIpc) is 2.40. The average molecular weight is 312 g/mol. The number of aryl methyl sites for hydroxylation is 2. The molecule has 1 aromatic heterocycles. The number of rotatable bonds is 3. The highest BCUT2D eigenvalue weighted by atomic mass is 35.5. The predicted molar refractivity (Wildman–Crippen MR) is 77.7 cm³/mol. The van der Waals surface area contributed by atoms with Crippen LogP contribution in [0.5, 0.6) is 5.75 Å². The zero-order valence-corrected chi connectivity index (χ0v) is 12.9. The van der Waals surface area contributed by atoms with Crippen LogP contribution in [0.3, 0.4) is 0 Å². The lowest BCUT2D eigenvalue weighted by molar-refractivity contribution is 0.481. The smallest absolute Gasteiger partial charge is 0.340 e. The lowest BCUT2D eigenvalue weighted by Crippen LogP contribution is -2.12. The van der Waals surface area contributed by atoms with Crippen molar-refractivity contribution in [3.8, 4) is 5.75 Å². The van der Waals surface area contributed by atoms with E-state index in [0.717, 1.165) is 16.7 Å². The first-order valence-electron chi connectivity index (χ1n) is 5.94. The third-order valence-electron chi connectivity index (χ3n) is 3.06. The number of aromatic nitrogens is 1. The first kappa shape index (κ1) is 14.8. The molecule has 0 atom stereocenters. The summed E-state index contributed by atoms with van der Waals surface area (Å²) in [5, 5.41) is 0.229. The van der Waals surface area contributed by atoms with Crippen LogP contribution in [0, 0.1) is 20.8 Å². The van der Waals surface area contributed by atoms with E-state index < -0.39 is 10.1 Å². The van der Waals surface area contributed by atoms with Crippen LogP contribution >= 0.6 is 11.6 Å². The Kier molecular flexibility index (Phi) is 4.01. The molecule has 6 heteroatoms. The quantitative estimate of drug-likeness (QED) is 0.643. The normalized spacial score (nSPS) is 11.4. The molecule has 1 aromatic carbocycles. The van der Waals surface area contributed by atoms with E-state index in [1.807, 2.05) is 26.0 Å². The van der Waals surface area contributed by atoms with Gasteiger partial charge in [-0.25, -0.2) is 4.98 Å². The van der Waals surface area contributed by atoms with Crippen molar-refractivity contribution in [1.82, 2.24) is 4.98 Å². The summed E-state index contributed by atoms with van der Waals surface area (Å²) in [7, 11) is -3.91. The molecule has 0 bridgehead atoms. The summed E-state index contributed by atoms with van der Waals surface area (Å²) < 4.78 is 29.7. The van der Waals surface area contributed by atoms with Crippen LogP contribution in [0.1, 0.15) is 16.7 Å². The maximum Gasteiger partial charge on any atom is 0.340 e. The first-order chi connectivity index (χ1) is 9.31. The second-order valence-corrected chi connectivity index (χ2v) is 6.44. The second kappa shape index (κ2) is 5.42.